The maximum Gasteiger partial charge on any atom is 0.349 e. The number of alkyl halides is 2. The number of aromatic nitrogens is 3. The number of nitrogens with one attached hydrogen (secondary N) is 1. The average molecular weight is 467 g/mol. The number of hydrogen-bond donors (Lipinski definition) is 1. The Balaban J connectivity index is 2.06. The van der Waals surface area contributed by atoms with Crippen LogP contribution >= 0.6 is 0 Å². The van der Waals surface area contributed by atoms with Crippen molar-refractivity contribution in [3.63, 3.8) is 0 Å². The molecular formula is C20H19F2N3O6S. The van der Waals surface area contributed by atoms with Gasteiger partial charge in [0.05, 0.1) is 12.8 Å². The van der Waals surface area contributed by atoms with Crippen molar-refractivity contribution in [2.75, 3.05) is 13.4 Å². The zero-order valence-electron chi connectivity index (χ0n) is 17.5. The highest BCUT2D eigenvalue weighted by Crippen LogP contribution is 2.34. The quantitative estimate of drug-likeness (QED) is 0.592. The molecule has 2 aromatic carbocycles. The number of rotatable bonds is 6. The van der Waals surface area contributed by atoms with Gasteiger partial charge in [-0.1, -0.05) is 0 Å². The van der Waals surface area contributed by atoms with Gasteiger partial charge in [0.25, 0.3) is 12.0 Å². The summed E-state index contributed by atoms with van der Waals surface area (Å²) in [5.74, 6) is 0.761. The van der Waals surface area contributed by atoms with E-state index in [1.807, 2.05) is 4.98 Å². The Morgan fingerprint density at radius 3 is 2.25 bits per heavy atom. The van der Waals surface area contributed by atoms with Crippen LogP contribution in [-0.2, 0) is 9.84 Å². The number of halogens is 2. The first-order valence-corrected chi connectivity index (χ1v) is 11.0. The average Bonchev–Trinajstić information content (AvgIpc) is 2.69. The highest BCUT2D eigenvalue weighted by atomic mass is 32.2. The van der Waals surface area contributed by atoms with Crippen LogP contribution in [0.3, 0.4) is 0 Å². The molecule has 0 amide bonds. The Hall–Kier alpha value is -3.54. The Kier molecular flexibility index (Phi) is 6.17. The van der Waals surface area contributed by atoms with Gasteiger partial charge in [0.15, 0.2) is 15.5 Å². The minimum absolute atomic E-state index is 0.0482. The number of hydrogen-bond acceptors (Lipinski definition) is 7. The summed E-state index contributed by atoms with van der Waals surface area (Å²) in [6.45, 7) is 3.30. The number of sulfone groups is 1. The van der Waals surface area contributed by atoms with Crippen molar-refractivity contribution in [2.24, 2.45) is 0 Å². The molecule has 170 valence electrons. The monoisotopic (exact) mass is 467 g/mol. The van der Waals surface area contributed by atoms with E-state index in [0.717, 1.165) is 6.26 Å². The van der Waals surface area contributed by atoms with Crippen LogP contribution in [0, 0.1) is 13.8 Å². The van der Waals surface area contributed by atoms with Crippen molar-refractivity contribution in [1.82, 2.24) is 14.8 Å². The zero-order valence-corrected chi connectivity index (χ0v) is 18.3. The lowest BCUT2D eigenvalue weighted by molar-refractivity contribution is 0.141. The number of nitrogens with zero attached hydrogens (tertiary/aromatic N) is 2. The summed E-state index contributed by atoms with van der Waals surface area (Å²) in [6.07, 6.45) is -2.11. The molecule has 1 aromatic heterocycles. The summed E-state index contributed by atoms with van der Waals surface area (Å²) in [5.41, 5.74) is -2.14. The largest absolute Gasteiger partial charge is 0.495 e. The molecule has 9 nitrogen and oxygen atoms in total. The summed E-state index contributed by atoms with van der Waals surface area (Å²) in [4.78, 5) is 25.4. The van der Waals surface area contributed by atoms with E-state index < -0.39 is 33.2 Å². The summed E-state index contributed by atoms with van der Waals surface area (Å²) in [5, 5.41) is 3.48. The molecule has 0 unspecified atom stereocenters. The van der Waals surface area contributed by atoms with Gasteiger partial charge in [-0.05, 0) is 49.2 Å². The molecule has 0 radical (unpaired) electrons. The molecule has 0 fully saturated rings. The molecule has 0 atom stereocenters. The van der Waals surface area contributed by atoms with Crippen LogP contribution in [0.15, 0.2) is 44.8 Å². The molecule has 0 aliphatic carbocycles. The van der Waals surface area contributed by atoms with Gasteiger partial charge in [-0.3, -0.25) is 9.78 Å². The molecule has 0 spiro atoms. The van der Waals surface area contributed by atoms with Gasteiger partial charge >= 0.3 is 5.69 Å². The molecule has 12 heteroatoms. The number of ether oxygens (including phenoxy) is 2. The minimum atomic E-state index is -3.58. The van der Waals surface area contributed by atoms with Crippen LogP contribution in [-0.4, -0.2) is 36.5 Å². The summed E-state index contributed by atoms with van der Waals surface area (Å²) in [7, 11) is -2.23. The third-order valence-electron chi connectivity index (χ3n) is 4.50. The maximum atomic E-state index is 13.0. The van der Waals surface area contributed by atoms with Crippen LogP contribution < -0.4 is 20.7 Å². The van der Waals surface area contributed by atoms with Gasteiger partial charge in [0, 0.05) is 12.3 Å². The Morgan fingerprint density at radius 1 is 1.09 bits per heavy atom. The summed E-state index contributed by atoms with van der Waals surface area (Å²) >= 11 is 0. The van der Waals surface area contributed by atoms with Gasteiger partial charge < -0.3 is 9.47 Å². The van der Waals surface area contributed by atoms with Crippen molar-refractivity contribution in [3.8, 4) is 22.9 Å². The number of aromatic amines is 1. The topological polar surface area (TPSA) is 120 Å². The lowest BCUT2D eigenvalue weighted by Gasteiger charge is -2.16. The second kappa shape index (κ2) is 8.54. The SMILES string of the molecule is COc1ccc(Oc2c(C)cc(-n3nc(C(F)F)c(=O)[nH]c3=O)cc2C)cc1S(C)(=O)=O. The predicted molar refractivity (Wildman–Crippen MR) is 111 cm³/mol. The fourth-order valence-electron chi connectivity index (χ4n) is 3.07. The molecule has 0 bridgehead atoms. The molecule has 32 heavy (non-hydrogen) atoms. The van der Waals surface area contributed by atoms with Gasteiger partial charge in [-0.2, -0.15) is 9.78 Å². The first-order valence-electron chi connectivity index (χ1n) is 9.11. The fraction of sp³-hybridized carbons (Fsp3) is 0.250. The Labute approximate surface area is 181 Å². The standard InChI is InChI=1S/C20H19F2N3O6S/c1-10-7-12(25-20(27)23-19(26)16(24-25)18(21)22)8-11(2)17(10)31-13-5-6-14(30-3)15(9-13)32(4,28)29/h5-9,18H,1-4H3,(H,23,26,27). The second-order valence-corrected chi connectivity index (χ2v) is 8.94. The van der Waals surface area contributed by atoms with E-state index in [-0.39, 0.29) is 22.1 Å². The van der Waals surface area contributed by atoms with Gasteiger partial charge in [0.1, 0.15) is 22.1 Å². The lowest BCUT2D eigenvalue weighted by atomic mass is 10.1. The van der Waals surface area contributed by atoms with Crippen molar-refractivity contribution < 1.29 is 26.7 Å². The minimum Gasteiger partial charge on any atom is -0.495 e. The summed E-state index contributed by atoms with van der Waals surface area (Å²) in [6, 6.07) is 7.24. The molecule has 0 aliphatic rings. The van der Waals surface area contributed by atoms with Crippen LogP contribution in [0.25, 0.3) is 5.69 Å². The van der Waals surface area contributed by atoms with E-state index >= 15 is 0 Å². The van der Waals surface area contributed by atoms with Crippen LogP contribution in [0.2, 0.25) is 0 Å². The van der Waals surface area contributed by atoms with Crippen LogP contribution in [0.4, 0.5) is 8.78 Å². The van der Waals surface area contributed by atoms with E-state index in [4.69, 9.17) is 9.47 Å². The van der Waals surface area contributed by atoms with E-state index in [0.29, 0.717) is 21.6 Å². The van der Waals surface area contributed by atoms with Gasteiger partial charge in [0.2, 0.25) is 0 Å². The molecule has 0 saturated heterocycles. The molecule has 3 rings (SSSR count). The molecule has 0 aliphatic heterocycles. The second-order valence-electron chi connectivity index (χ2n) is 6.95. The highest BCUT2D eigenvalue weighted by molar-refractivity contribution is 7.90. The first kappa shape index (κ1) is 23.1. The lowest BCUT2D eigenvalue weighted by Crippen LogP contribution is -2.34. The maximum absolute atomic E-state index is 13.0. The molecule has 1 heterocycles. The number of H-pyrrole nitrogens is 1. The predicted octanol–water partition coefficient (Wildman–Crippen LogP) is 2.68. The van der Waals surface area contributed by atoms with Crippen LogP contribution in [0.1, 0.15) is 23.2 Å². The van der Waals surface area contributed by atoms with Gasteiger partial charge in [-0.15, -0.1) is 0 Å². The number of benzene rings is 2. The van der Waals surface area contributed by atoms with Crippen molar-refractivity contribution in [2.45, 2.75) is 25.2 Å². The first-order chi connectivity index (χ1) is 14.9. The fourth-order valence-corrected chi connectivity index (χ4v) is 3.92. The zero-order chi connectivity index (χ0) is 23.8. The van der Waals surface area contributed by atoms with E-state index in [2.05, 4.69) is 5.10 Å². The number of aryl methyl sites for hydroxylation is 2. The normalized spacial score (nSPS) is 11.6. The Bertz CT molecular complexity index is 1390. The smallest absolute Gasteiger partial charge is 0.349 e. The molecule has 3 aromatic rings. The highest BCUT2D eigenvalue weighted by Gasteiger charge is 2.19. The molecule has 0 saturated carbocycles. The van der Waals surface area contributed by atoms with Crippen molar-refractivity contribution in [3.05, 3.63) is 68.0 Å². The summed E-state index contributed by atoms with van der Waals surface area (Å²) < 4.78 is 61.7. The van der Waals surface area contributed by atoms with E-state index in [1.165, 1.54) is 37.4 Å². The molecular weight excluding hydrogens is 448 g/mol. The molecule has 1 N–H and O–H groups in total. The van der Waals surface area contributed by atoms with Crippen molar-refractivity contribution in [1.29, 1.82) is 0 Å². The van der Waals surface area contributed by atoms with E-state index in [9.17, 15) is 26.8 Å². The third kappa shape index (κ3) is 4.54. The number of methoxy groups -OCH3 is 1. The van der Waals surface area contributed by atoms with Crippen molar-refractivity contribution >= 4 is 9.84 Å². The van der Waals surface area contributed by atoms with Crippen LogP contribution in [0.5, 0.6) is 17.2 Å². The third-order valence-corrected chi connectivity index (χ3v) is 5.62. The van der Waals surface area contributed by atoms with E-state index in [1.54, 1.807) is 13.8 Å². The Morgan fingerprint density at radius 2 is 1.72 bits per heavy atom. The van der Waals surface area contributed by atoms with Gasteiger partial charge in [-0.25, -0.2) is 22.0 Å².